The van der Waals surface area contributed by atoms with Gasteiger partial charge in [-0.3, -0.25) is 4.98 Å². The Morgan fingerprint density at radius 2 is 2.24 bits per heavy atom. The topological polar surface area (TPSA) is 46.3 Å². The van der Waals surface area contributed by atoms with E-state index in [-0.39, 0.29) is 6.10 Å². The summed E-state index contributed by atoms with van der Waals surface area (Å²) in [5.41, 5.74) is 0.903. The van der Waals surface area contributed by atoms with E-state index in [1.165, 1.54) is 0 Å². The minimum absolute atomic E-state index is 0.381. The van der Waals surface area contributed by atoms with E-state index in [0.717, 1.165) is 22.3 Å². The standard InChI is InChI=1S/C13H14BrNO2/c14-10-3-4-11(15-9-10)8-12(16)5-6-13-2-1-7-17-13/h1-4,7,9,12,16H,5-6,8H2. The van der Waals surface area contributed by atoms with Crippen LogP contribution in [0.5, 0.6) is 0 Å². The average molecular weight is 296 g/mol. The predicted molar refractivity (Wildman–Crippen MR) is 68.7 cm³/mol. The van der Waals surface area contributed by atoms with Crippen LogP contribution >= 0.6 is 15.9 Å². The molecule has 0 saturated heterocycles. The number of aryl methyl sites for hydroxylation is 1. The lowest BCUT2D eigenvalue weighted by molar-refractivity contribution is 0.162. The molecule has 90 valence electrons. The van der Waals surface area contributed by atoms with Gasteiger partial charge in [-0.25, -0.2) is 0 Å². The van der Waals surface area contributed by atoms with Crippen LogP contribution in [0.3, 0.4) is 0 Å². The van der Waals surface area contributed by atoms with Crippen LogP contribution in [0.15, 0.2) is 45.6 Å². The van der Waals surface area contributed by atoms with Crippen LogP contribution < -0.4 is 0 Å². The first-order valence-electron chi connectivity index (χ1n) is 5.55. The second kappa shape index (κ2) is 5.98. The molecule has 3 nitrogen and oxygen atoms in total. The van der Waals surface area contributed by atoms with Crippen molar-refractivity contribution in [2.45, 2.75) is 25.4 Å². The van der Waals surface area contributed by atoms with E-state index in [4.69, 9.17) is 4.42 Å². The number of furan rings is 1. The van der Waals surface area contributed by atoms with Crippen molar-refractivity contribution in [3.8, 4) is 0 Å². The number of aromatic nitrogens is 1. The van der Waals surface area contributed by atoms with Crippen molar-refractivity contribution < 1.29 is 9.52 Å². The Kier molecular flexibility index (Phi) is 4.34. The number of rotatable bonds is 5. The number of hydrogen-bond donors (Lipinski definition) is 1. The van der Waals surface area contributed by atoms with Crippen LogP contribution in [0.2, 0.25) is 0 Å². The van der Waals surface area contributed by atoms with Crippen molar-refractivity contribution >= 4 is 15.9 Å². The molecule has 1 unspecified atom stereocenters. The van der Waals surface area contributed by atoms with E-state index in [0.29, 0.717) is 12.8 Å². The van der Waals surface area contributed by atoms with Gasteiger partial charge in [0.15, 0.2) is 0 Å². The Morgan fingerprint density at radius 3 is 2.88 bits per heavy atom. The summed E-state index contributed by atoms with van der Waals surface area (Å²) < 4.78 is 6.17. The minimum Gasteiger partial charge on any atom is -0.469 e. The Hall–Kier alpha value is -1.13. The van der Waals surface area contributed by atoms with Crippen LogP contribution in [0.4, 0.5) is 0 Å². The first-order chi connectivity index (χ1) is 8.24. The fraction of sp³-hybridized carbons (Fsp3) is 0.308. The summed E-state index contributed by atoms with van der Waals surface area (Å²) >= 11 is 3.33. The Bertz CT molecular complexity index is 439. The Balaban J connectivity index is 1.80. The summed E-state index contributed by atoms with van der Waals surface area (Å²) in [7, 11) is 0. The Labute approximate surface area is 109 Å². The van der Waals surface area contributed by atoms with Gasteiger partial charge in [0, 0.05) is 29.2 Å². The van der Waals surface area contributed by atoms with Crippen molar-refractivity contribution in [2.24, 2.45) is 0 Å². The second-order valence-electron chi connectivity index (χ2n) is 3.94. The maximum atomic E-state index is 9.88. The fourth-order valence-corrected chi connectivity index (χ4v) is 1.87. The maximum Gasteiger partial charge on any atom is 0.103 e. The molecule has 1 N–H and O–H groups in total. The molecule has 2 rings (SSSR count). The Morgan fingerprint density at radius 1 is 1.35 bits per heavy atom. The average Bonchev–Trinajstić information content (AvgIpc) is 2.83. The molecule has 2 aromatic heterocycles. The molecular weight excluding hydrogens is 282 g/mol. The van der Waals surface area contributed by atoms with Crippen LogP contribution in [0, 0.1) is 0 Å². The number of hydrogen-bond acceptors (Lipinski definition) is 3. The molecule has 0 aliphatic heterocycles. The first-order valence-corrected chi connectivity index (χ1v) is 6.34. The van der Waals surface area contributed by atoms with Gasteiger partial charge in [-0.05, 0) is 46.6 Å². The minimum atomic E-state index is -0.381. The predicted octanol–water partition coefficient (Wildman–Crippen LogP) is 2.97. The number of aliphatic hydroxyl groups is 1. The number of pyridine rings is 1. The molecule has 0 aliphatic rings. The van der Waals surface area contributed by atoms with Crippen molar-refractivity contribution in [3.05, 3.63) is 52.7 Å². The fourth-order valence-electron chi connectivity index (χ4n) is 1.63. The smallest absolute Gasteiger partial charge is 0.103 e. The molecule has 0 aliphatic carbocycles. The second-order valence-corrected chi connectivity index (χ2v) is 4.86. The molecule has 2 aromatic rings. The third-order valence-corrected chi connectivity index (χ3v) is 3.01. The zero-order valence-corrected chi connectivity index (χ0v) is 10.9. The molecule has 17 heavy (non-hydrogen) atoms. The van der Waals surface area contributed by atoms with Crippen molar-refractivity contribution in [2.75, 3.05) is 0 Å². The molecular formula is C13H14BrNO2. The van der Waals surface area contributed by atoms with Crippen molar-refractivity contribution in [1.29, 1.82) is 0 Å². The van der Waals surface area contributed by atoms with Gasteiger partial charge in [0.05, 0.1) is 12.4 Å². The summed E-state index contributed by atoms with van der Waals surface area (Å²) in [4.78, 5) is 4.23. The first kappa shape index (κ1) is 12.3. The number of aliphatic hydroxyl groups excluding tert-OH is 1. The van der Waals surface area contributed by atoms with E-state index in [9.17, 15) is 5.11 Å². The summed E-state index contributed by atoms with van der Waals surface area (Å²) in [6, 6.07) is 7.63. The van der Waals surface area contributed by atoms with Gasteiger partial charge in [-0.1, -0.05) is 0 Å². The van der Waals surface area contributed by atoms with E-state index < -0.39 is 0 Å². The highest BCUT2D eigenvalue weighted by molar-refractivity contribution is 9.10. The molecule has 0 aromatic carbocycles. The summed E-state index contributed by atoms with van der Waals surface area (Å²) in [5, 5.41) is 9.88. The van der Waals surface area contributed by atoms with Crippen LogP contribution in [-0.4, -0.2) is 16.2 Å². The highest BCUT2D eigenvalue weighted by atomic mass is 79.9. The van der Waals surface area contributed by atoms with Crippen molar-refractivity contribution in [3.63, 3.8) is 0 Å². The SMILES string of the molecule is OC(CCc1ccco1)Cc1ccc(Br)cn1. The van der Waals surface area contributed by atoms with Gasteiger partial charge in [0.1, 0.15) is 5.76 Å². The van der Waals surface area contributed by atoms with Gasteiger partial charge in [0.25, 0.3) is 0 Å². The van der Waals surface area contributed by atoms with Crippen molar-refractivity contribution in [1.82, 2.24) is 4.98 Å². The molecule has 1 atom stereocenters. The molecule has 0 amide bonds. The molecule has 0 saturated carbocycles. The van der Waals surface area contributed by atoms with Gasteiger partial charge in [-0.15, -0.1) is 0 Å². The van der Waals surface area contributed by atoms with Gasteiger partial charge in [0.2, 0.25) is 0 Å². The lowest BCUT2D eigenvalue weighted by Crippen LogP contribution is -2.12. The van der Waals surface area contributed by atoms with Gasteiger partial charge >= 0.3 is 0 Å². The highest BCUT2D eigenvalue weighted by Gasteiger charge is 2.08. The van der Waals surface area contributed by atoms with Crippen LogP contribution in [0.25, 0.3) is 0 Å². The largest absolute Gasteiger partial charge is 0.469 e. The van der Waals surface area contributed by atoms with E-state index >= 15 is 0 Å². The summed E-state index contributed by atoms with van der Waals surface area (Å²) in [6.07, 6.45) is 5.03. The molecule has 0 radical (unpaired) electrons. The molecule has 2 heterocycles. The third kappa shape index (κ3) is 3.98. The zero-order chi connectivity index (χ0) is 12.1. The summed E-state index contributed by atoms with van der Waals surface area (Å²) in [6.45, 7) is 0. The lowest BCUT2D eigenvalue weighted by Gasteiger charge is -2.08. The van der Waals surface area contributed by atoms with E-state index in [1.54, 1.807) is 12.5 Å². The van der Waals surface area contributed by atoms with E-state index in [2.05, 4.69) is 20.9 Å². The molecule has 0 bridgehead atoms. The number of halogens is 1. The van der Waals surface area contributed by atoms with Crippen LogP contribution in [-0.2, 0) is 12.8 Å². The van der Waals surface area contributed by atoms with E-state index in [1.807, 2.05) is 24.3 Å². The zero-order valence-electron chi connectivity index (χ0n) is 9.34. The molecule has 0 spiro atoms. The molecule has 0 fully saturated rings. The highest BCUT2D eigenvalue weighted by Crippen LogP contribution is 2.11. The summed E-state index contributed by atoms with van der Waals surface area (Å²) in [5.74, 6) is 0.910. The monoisotopic (exact) mass is 295 g/mol. The maximum absolute atomic E-state index is 9.88. The third-order valence-electron chi connectivity index (χ3n) is 2.54. The lowest BCUT2D eigenvalue weighted by atomic mass is 10.1. The quantitative estimate of drug-likeness (QED) is 0.922. The van der Waals surface area contributed by atoms with Gasteiger partial charge < -0.3 is 9.52 Å². The number of nitrogens with zero attached hydrogens (tertiary/aromatic N) is 1. The van der Waals surface area contributed by atoms with Crippen LogP contribution in [0.1, 0.15) is 17.9 Å². The normalized spacial score (nSPS) is 12.6. The molecule has 4 heteroatoms. The van der Waals surface area contributed by atoms with Gasteiger partial charge in [-0.2, -0.15) is 0 Å².